The molecule has 0 bridgehead atoms. The first-order valence-electron chi connectivity index (χ1n) is 7.34. The van der Waals surface area contributed by atoms with Gasteiger partial charge in [0.05, 0.1) is 17.4 Å². The Bertz CT molecular complexity index is 642. The monoisotopic (exact) mass is 308 g/mol. The molecule has 1 saturated heterocycles. The highest BCUT2D eigenvalue weighted by Gasteiger charge is 2.30. The van der Waals surface area contributed by atoms with Crippen molar-refractivity contribution in [1.29, 1.82) is 0 Å². The van der Waals surface area contributed by atoms with Gasteiger partial charge in [0.15, 0.2) is 9.84 Å². The lowest BCUT2D eigenvalue weighted by Gasteiger charge is -2.29. The van der Waals surface area contributed by atoms with E-state index in [4.69, 9.17) is 0 Å². The number of nitrogens with one attached hydrogen (secondary N) is 2. The van der Waals surface area contributed by atoms with Crippen LogP contribution >= 0.6 is 0 Å². The van der Waals surface area contributed by atoms with Gasteiger partial charge in [-0.2, -0.15) is 0 Å². The minimum absolute atomic E-state index is 0.0700. The summed E-state index contributed by atoms with van der Waals surface area (Å²) in [7, 11) is -3.00. The molecule has 0 spiro atoms. The molecule has 1 aromatic rings. The molecule has 2 heterocycles. The molecule has 5 nitrogen and oxygen atoms in total. The van der Waals surface area contributed by atoms with E-state index in [2.05, 4.69) is 10.6 Å². The van der Waals surface area contributed by atoms with Crippen molar-refractivity contribution in [2.75, 3.05) is 18.1 Å². The van der Waals surface area contributed by atoms with Crippen LogP contribution in [0.3, 0.4) is 0 Å². The van der Waals surface area contributed by atoms with Gasteiger partial charge in [-0.15, -0.1) is 0 Å². The van der Waals surface area contributed by atoms with Crippen molar-refractivity contribution in [3.8, 4) is 0 Å². The standard InChI is InChI=1S/C15H20N2O3S/c18-15(17-12-5-3-7-21(19,20)10-12)14-9-16-8-11-4-1-2-6-13(11)14/h1-2,4,6,12,14,16H,3,5,7-10H2,(H,17,18). The maximum atomic E-state index is 12.5. The van der Waals surface area contributed by atoms with Gasteiger partial charge >= 0.3 is 0 Å². The maximum absolute atomic E-state index is 12.5. The van der Waals surface area contributed by atoms with Gasteiger partial charge < -0.3 is 10.6 Å². The molecular weight excluding hydrogens is 288 g/mol. The van der Waals surface area contributed by atoms with Gasteiger partial charge in [0.2, 0.25) is 5.91 Å². The molecule has 2 atom stereocenters. The molecule has 6 heteroatoms. The molecule has 2 aliphatic rings. The molecule has 2 N–H and O–H groups in total. The highest BCUT2D eigenvalue weighted by atomic mass is 32.2. The Morgan fingerprint density at radius 3 is 2.90 bits per heavy atom. The van der Waals surface area contributed by atoms with E-state index in [9.17, 15) is 13.2 Å². The van der Waals surface area contributed by atoms with Gasteiger partial charge in [-0.05, 0) is 24.0 Å². The molecule has 1 aromatic carbocycles. The summed E-state index contributed by atoms with van der Waals surface area (Å²) < 4.78 is 23.3. The van der Waals surface area contributed by atoms with Crippen molar-refractivity contribution in [1.82, 2.24) is 10.6 Å². The number of hydrogen-bond donors (Lipinski definition) is 2. The molecule has 0 aliphatic carbocycles. The third kappa shape index (κ3) is 3.27. The van der Waals surface area contributed by atoms with Crippen molar-refractivity contribution in [2.45, 2.75) is 31.3 Å². The van der Waals surface area contributed by atoms with Crippen LogP contribution in [0.2, 0.25) is 0 Å². The summed E-state index contributed by atoms with van der Waals surface area (Å²) in [6.07, 6.45) is 1.37. The zero-order valence-electron chi connectivity index (χ0n) is 11.8. The van der Waals surface area contributed by atoms with Gasteiger partial charge in [-0.1, -0.05) is 24.3 Å². The Morgan fingerprint density at radius 2 is 2.10 bits per heavy atom. The Morgan fingerprint density at radius 1 is 1.29 bits per heavy atom. The summed E-state index contributed by atoms with van der Waals surface area (Å²) in [5.41, 5.74) is 2.19. The molecule has 114 valence electrons. The smallest absolute Gasteiger partial charge is 0.229 e. The van der Waals surface area contributed by atoms with E-state index in [1.807, 2.05) is 24.3 Å². The van der Waals surface area contributed by atoms with Crippen molar-refractivity contribution in [3.05, 3.63) is 35.4 Å². The first-order chi connectivity index (χ1) is 10.1. The highest BCUT2D eigenvalue weighted by molar-refractivity contribution is 7.91. The second-order valence-electron chi connectivity index (χ2n) is 5.84. The van der Waals surface area contributed by atoms with Gasteiger partial charge in [0.25, 0.3) is 0 Å². The Hall–Kier alpha value is -1.40. The topological polar surface area (TPSA) is 75.3 Å². The van der Waals surface area contributed by atoms with Crippen LogP contribution in [0.4, 0.5) is 0 Å². The van der Waals surface area contributed by atoms with Crippen LogP contribution in [0.1, 0.15) is 29.9 Å². The van der Waals surface area contributed by atoms with E-state index in [1.54, 1.807) is 0 Å². The molecule has 3 rings (SSSR count). The van der Waals surface area contributed by atoms with E-state index in [0.717, 1.165) is 24.1 Å². The van der Waals surface area contributed by atoms with Crippen molar-refractivity contribution < 1.29 is 13.2 Å². The lowest BCUT2D eigenvalue weighted by molar-refractivity contribution is -0.123. The number of fused-ring (bicyclic) bond motifs is 1. The van der Waals surface area contributed by atoms with Crippen LogP contribution in [-0.4, -0.2) is 38.4 Å². The van der Waals surface area contributed by atoms with E-state index < -0.39 is 9.84 Å². The van der Waals surface area contributed by atoms with Crippen molar-refractivity contribution >= 4 is 15.7 Å². The number of sulfone groups is 1. The quantitative estimate of drug-likeness (QED) is 0.837. The zero-order chi connectivity index (χ0) is 14.9. The molecule has 1 fully saturated rings. The average Bonchev–Trinajstić information content (AvgIpc) is 2.45. The molecular formula is C15H20N2O3S. The summed E-state index contributed by atoms with van der Waals surface area (Å²) in [6.45, 7) is 1.38. The Labute approximate surface area is 125 Å². The first kappa shape index (κ1) is 14.5. The predicted octanol–water partition coefficient (Wildman–Crippen LogP) is 0.567. The first-order valence-corrected chi connectivity index (χ1v) is 9.16. The molecule has 2 unspecified atom stereocenters. The second-order valence-corrected chi connectivity index (χ2v) is 8.07. The van der Waals surface area contributed by atoms with Crippen LogP contribution in [0.5, 0.6) is 0 Å². The summed E-state index contributed by atoms with van der Waals surface area (Å²) >= 11 is 0. The molecule has 21 heavy (non-hydrogen) atoms. The second kappa shape index (κ2) is 5.77. The van der Waals surface area contributed by atoms with Gasteiger partial charge in [0.1, 0.15) is 0 Å². The van der Waals surface area contributed by atoms with E-state index in [0.29, 0.717) is 13.0 Å². The summed E-state index contributed by atoms with van der Waals surface area (Å²) in [4.78, 5) is 12.5. The minimum Gasteiger partial charge on any atom is -0.352 e. The van der Waals surface area contributed by atoms with E-state index in [-0.39, 0.29) is 29.4 Å². The fourth-order valence-corrected chi connectivity index (χ4v) is 4.80. The van der Waals surface area contributed by atoms with E-state index in [1.165, 1.54) is 0 Å². The molecule has 0 saturated carbocycles. The average molecular weight is 308 g/mol. The van der Waals surface area contributed by atoms with Crippen LogP contribution in [0, 0.1) is 0 Å². The number of amides is 1. The lowest BCUT2D eigenvalue weighted by Crippen LogP contribution is -2.47. The van der Waals surface area contributed by atoms with E-state index >= 15 is 0 Å². The van der Waals surface area contributed by atoms with Gasteiger partial charge in [0, 0.05) is 19.1 Å². The third-order valence-electron chi connectivity index (χ3n) is 4.22. The van der Waals surface area contributed by atoms with Gasteiger partial charge in [-0.3, -0.25) is 4.79 Å². The van der Waals surface area contributed by atoms with Crippen LogP contribution in [0.25, 0.3) is 0 Å². The summed E-state index contributed by atoms with van der Waals surface area (Å²) in [5, 5.41) is 6.17. The SMILES string of the molecule is O=C(NC1CCCS(=O)(=O)C1)C1CNCc2ccccc21. The van der Waals surface area contributed by atoms with Crippen LogP contribution < -0.4 is 10.6 Å². The van der Waals surface area contributed by atoms with Crippen molar-refractivity contribution in [2.24, 2.45) is 0 Å². The normalized spacial score (nSPS) is 27.6. The fourth-order valence-electron chi connectivity index (χ4n) is 3.17. The maximum Gasteiger partial charge on any atom is 0.229 e. The number of hydrogen-bond acceptors (Lipinski definition) is 4. The number of carbonyl (C=O) groups is 1. The number of rotatable bonds is 2. The Kier molecular flexibility index (Phi) is 3.99. The largest absolute Gasteiger partial charge is 0.352 e. The van der Waals surface area contributed by atoms with Crippen molar-refractivity contribution in [3.63, 3.8) is 0 Å². The Balaban J connectivity index is 1.72. The van der Waals surface area contributed by atoms with Crippen LogP contribution in [0.15, 0.2) is 24.3 Å². The highest BCUT2D eigenvalue weighted by Crippen LogP contribution is 2.24. The molecule has 2 aliphatic heterocycles. The third-order valence-corrected chi connectivity index (χ3v) is 6.04. The predicted molar refractivity (Wildman–Crippen MR) is 80.7 cm³/mol. The molecule has 0 radical (unpaired) electrons. The zero-order valence-corrected chi connectivity index (χ0v) is 12.7. The lowest BCUT2D eigenvalue weighted by atomic mass is 9.90. The minimum atomic E-state index is -3.00. The summed E-state index contributed by atoms with van der Waals surface area (Å²) in [6, 6.07) is 7.67. The molecule has 0 aromatic heterocycles. The summed E-state index contributed by atoms with van der Waals surface area (Å²) in [5.74, 6) is 0.00426. The fraction of sp³-hybridized carbons (Fsp3) is 0.533. The number of benzene rings is 1. The number of carbonyl (C=O) groups excluding carboxylic acids is 1. The molecule has 1 amide bonds. The van der Waals surface area contributed by atoms with Crippen LogP contribution in [-0.2, 0) is 21.2 Å². The van der Waals surface area contributed by atoms with Gasteiger partial charge in [-0.25, -0.2) is 8.42 Å².